The van der Waals surface area contributed by atoms with Crippen molar-refractivity contribution >= 4 is 35.8 Å². The molecule has 0 spiro atoms. The monoisotopic (exact) mass is 913 g/mol. The molecule has 0 saturated heterocycles. The zero-order valence-electron chi connectivity index (χ0n) is 41.5. The maximum Gasteiger partial charge on any atom is 0.352 e. The van der Waals surface area contributed by atoms with Crippen LogP contribution < -0.4 is 0 Å². The Balaban J connectivity index is 2.24. The van der Waals surface area contributed by atoms with Crippen LogP contribution in [0.2, 0.25) is 0 Å². The van der Waals surface area contributed by atoms with Gasteiger partial charge in [-0.3, -0.25) is 24.0 Å². The number of hydrogen-bond donors (Lipinski definition) is 1. The number of allylic oxidation sites excluding steroid dienone is 5. The summed E-state index contributed by atoms with van der Waals surface area (Å²) in [6.45, 7) is 22.1. The molecular weight excluding hydrogens is 829 g/mol. The molecule has 0 aromatic heterocycles. The fraction of sp³-hybridized carbons (Fsp3) is 0.774. The first kappa shape index (κ1) is 55.4. The molecule has 3 aliphatic carbocycles. The summed E-state index contributed by atoms with van der Waals surface area (Å²) in [5.74, 6) is -4.08. The minimum atomic E-state index is -2.66. The van der Waals surface area contributed by atoms with Gasteiger partial charge >= 0.3 is 35.8 Å². The summed E-state index contributed by atoms with van der Waals surface area (Å²) in [7, 11) is 0. The van der Waals surface area contributed by atoms with E-state index in [1.54, 1.807) is 34.6 Å². The third kappa shape index (κ3) is 15.3. The summed E-state index contributed by atoms with van der Waals surface area (Å²) in [5, 5.41) is 11.6. The second-order valence-corrected chi connectivity index (χ2v) is 19.8. The number of fused-ring (bicyclic) bond motifs is 1. The second kappa shape index (κ2) is 27.0. The van der Waals surface area contributed by atoms with E-state index in [4.69, 9.17) is 23.7 Å². The number of carbonyl (C=O) groups excluding carboxylic acids is 5. The zero-order chi connectivity index (χ0) is 48.3. The summed E-state index contributed by atoms with van der Waals surface area (Å²) in [6.07, 6.45) is 10.1. The summed E-state index contributed by atoms with van der Waals surface area (Å²) >= 11 is 0. The molecule has 1 N–H and O–H groups in total. The lowest BCUT2D eigenvalue weighted by Gasteiger charge is -2.46. The minimum Gasteiger partial charge on any atom is -0.478 e. The Hall–Kier alpha value is -3.96. The first-order valence-corrected chi connectivity index (χ1v) is 25.2. The van der Waals surface area contributed by atoms with Crippen LogP contribution in [0.25, 0.3) is 0 Å². The average Bonchev–Trinajstić information content (AvgIpc) is 3.60. The van der Waals surface area contributed by atoms with Gasteiger partial charge in [0.25, 0.3) is 5.60 Å². The lowest BCUT2D eigenvalue weighted by atomic mass is 9.60. The molecule has 0 bridgehead atoms. The van der Waals surface area contributed by atoms with Gasteiger partial charge in [-0.25, -0.2) is 4.79 Å². The van der Waals surface area contributed by atoms with Gasteiger partial charge in [0.15, 0.2) is 18.3 Å². The zero-order valence-corrected chi connectivity index (χ0v) is 41.5. The third-order valence-electron chi connectivity index (χ3n) is 14.2. The van der Waals surface area contributed by atoms with Crippen molar-refractivity contribution in [2.45, 2.75) is 221 Å². The van der Waals surface area contributed by atoms with Gasteiger partial charge in [0.2, 0.25) is 0 Å². The highest BCUT2D eigenvalue weighted by molar-refractivity contribution is 5.85. The maximum absolute atomic E-state index is 14.3. The second-order valence-electron chi connectivity index (χ2n) is 19.8. The molecule has 0 aromatic rings. The van der Waals surface area contributed by atoms with Crippen LogP contribution in [0.15, 0.2) is 35.5 Å². The van der Waals surface area contributed by atoms with E-state index in [0.717, 1.165) is 30.4 Å². The van der Waals surface area contributed by atoms with Crippen LogP contribution >= 0.6 is 0 Å². The molecule has 3 aliphatic rings. The quantitative estimate of drug-likeness (QED) is 0.0612. The average molecular weight is 913 g/mol. The fourth-order valence-electron chi connectivity index (χ4n) is 10.8. The maximum atomic E-state index is 14.3. The fourth-order valence-corrected chi connectivity index (χ4v) is 10.8. The van der Waals surface area contributed by atoms with Crippen molar-refractivity contribution in [3.05, 3.63) is 35.5 Å². The number of esters is 5. The van der Waals surface area contributed by atoms with Gasteiger partial charge in [0.1, 0.15) is 6.61 Å². The van der Waals surface area contributed by atoms with Crippen LogP contribution in [-0.2, 0) is 52.5 Å². The van der Waals surface area contributed by atoms with Gasteiger partial charge in [0.05, 0.1) is 0 Å². The van der Waals surface area contributed by atoms with Crippen LogP contribution in [-0.4, -0.2) is 71.4 Å². The van der Waals surface area contributed by atoms with E-state index in [2.05, 4.69) is 46.4 Å². The molecule has 12 nitrogen and oxygen atoms in total. The predicted octanol–water partition coefficient (Wildman–Crippen LogP) is 11.5. The van der Waals surface area contributed by atoms with Gasteiger partial charge in [-0.15, -0.1) is 0 Å². The highest BCUT2D eigenvalue weighted by Crippen LogP contribution is 2.60. The Morgan fingerprint density at radius 3 is 1.94 bits per heavy atom. The Morgan fingerprint density at radius 2 is 1.34 bits per heavy atom. The highest BCUT2D eigenvalue weighted by atomic mass is 16.6. The molecule has 3 fully saturated rings. The Morgan fingerprint density at radius 1 is 0.754 bits per heavy atom. The molecule has 0 radical (unpaired) electrons. The molecule has 3 saturated carbocycles. The van der Waals surface area contributed by atoms with Crippen molar-refractivity contribution in [3.63, 3.8) is 0 Å². The number of carbonyl (C=O) groups is 6. The number of carboxylic acid groups (broad SMARTS) is 1. The molecule has 65 heavy (non-hydrogen) atoms. The summed E-state index contributed by atoms with van der Waals surface area (Å²) in [4.78, 5) is 81.6. The van der Waals surface area contributed by atoms with Crippen molar-refractivity contribution in [2.24, 2.45) is 35.0 Å². The number of rotatable bonds is 27. The van der Waals surface area contributed by atoms with E-state index in [1.165, 1.54) is 37.7 Å². The van der Waals surface area contributed by atoms with Crippen LogP contribution in [0.1, 0.15) is 197 Å². The topological polar surface area (TPSA) is 169 Å². The number of aliphatic carboxylic acids is 1. The van der Waals surface area contributed by atoms with E-state index >= 15 is 0 Å². The van der Waals surface area contributed by atoms with Crippen molar-refractivity contribution in [1.29, 1.82) is 0 Å². The van der Waals surface area contributed by atoms with Crippen LogP contribution in [0.3, 0.4) is 0 Å². The van der Waals surface area contributed by atoms with Gasteiger partial charge < -0.3 is 28.8 Å². The minimum absolute atomic E-state index is 0.0356. The number of hydrogen-bond acceptors (Lipinski definition) is 11. The summed E-state index contributed by atoms with van der Waals surface area (Å²) < 4.78 is 29.9. The van der Waals surface area contributed by atoms with E-state index in [9.17, 15) is 33.9 Å². The highest BCUT2D eigenvalue weighted by Gasteiger charge is 2.63. The van der Waals surface area contributed by atoms with Crippen molar-refractivity contribution in [2.75, 3.05) is 6.61 Å². The Bertz CT molecular complexity index is 1680. The summed E-state index contributed by atoms with van der Waals surface area (Å²) in [6, 6.07) is 0. The van der Waals surface area contributed by atoms with Gasteiger partial charge in [-0.1, -0.05) is 111 Å². The molecule has 0 heterocycles. The molecule has 368 valence electrons. The smallest absolute Gasteiger partial charge is 0.352 e. The van der Waals surface area contributed by atoms with Crippen LogP contribution in [0.4, 0.5) is 0 Å². The van der Waals surface area contributed by atoms with E-state index < -0.39 is 72.3 Å². The van der Waals surface area contributed by atoms with E-state index in [-0.39, 0.29) is 50.4 Å². The van der Waals surface area contributed by atoms with Gasteiger partial charge in [0, 0.05) is 38.0 Å². The van der Waals surface area contributed by atoms with Crippen molar-refractivity contribution in [3.8, 4) is 0 Å². The first-order valence-electron chi connectivity index (χ1n) is 25.2. The SMILES string of the molecule is C=C1CC[C@H](C(OC(=O)CCC)(C(=O)O)[C@@H](OC(=O)CCC)[C@H](OC(=O)CCC)[C@@H](COC(=O)CCC)OC(=O)CCC)C/C1=C/C=C1\CCC[C@]2(C)[C@@H]([C@H](C)CCCC(C)C)CC[C@@H]12. The lowest BCUT2D eigenvalue weighted by Crippen LogP contribution is -2.66. The Kier molecular flexibility index (Phi) is 23.0. The molecule has 0 aromatic carbocycles. The van der Waals surface area contributed by atoms with E-state index in [1.807, 2.05) is 0 Å². The number of ether oxygens (including phenoxy) is 5. The molecule has 0 amide bonds. The normalized spacial score (nSPS) is 24.9. The van der Waals surface area contributed by atoms with Gasteiger partial charge in [-0.2, -0.15) is 0 Å². The molecule has 9 atom stereocenters. The molecular formula is C53H84O12. The van der Waals surface area contributed by atoms with Crippen molar-refractivity contribution < 1.29 is 57.6 Å². The van der Waals surface area contributed by atoms with Crippen LogP contribution in [0, 0.1) is 35.0 Å². The molecule has 3 rings (SSSR count). The molecule has 12 heteroatoms. The third-order valence-corrected chi connectivity index (χ3v) is 14.2. The molecule has 0 aliphatic heterocycles. The largest absolute Gasteiger partial charge is 0.478 e. The molecule has 1 unspecified atom stereocenters. The first-order chi connectivity index (χ1) is 30.9. The van der Waals surface area contributed by atoms with Crippen molar-refractivity contribution in [1.82, 2.24) is 0 Å². The number of carboxylic acids is 1. The Labute approximate surface area is 390 Å². The lowest BCUT2D eigenvalue weighted by molar-refractivity contribution is -0.237. The van der Waals surface area contributed by atoms with Crippen LogP contribution in [0.5, 0.6) is 0 Å². The summed E-state index contributed by atoms with van der Waals surface area (Å²) in [5.41, 5.74) is 0.530. The predicted molar refractivity (Wildman–Crippen MR) is 250 cm³/mol. The van der Waals surface area contributed by atoms with E-state index in [0.29, 0.717) is 62.2 Å². The van der Waals surface area contributed by atoms with Gasteiger partial charge in [-0.05, 0) is 118 Å². The standard InChI is InChI=1S/C53H84O12/c1-11-18-44(54)61-34-43(62-45(55)19-12-2)49(63-46(56)20-13-3)50(64-47(57)21-14-4)53(51(59)60,65-48(58)22-15-5)40-29-26-36(8)39(33-40)28-27-38-25-17-32-52(10)41(30-31-42(38)52)37(9)24-16-23-35(6)7/h27-28,35,37,40-43,49-50H,8,11-26,29-34H2,1-7,9-10H3,(H,59,60)/b38-27+,39-28-/t37-,40+,41-,42+,43-,49-,50+,52-,53?/m1/s1.